The molecule has 0 amide bonds. The van der Waals surface area contributed by atoms with Crippen LogP contribution in [-0.4, -0.2) is 25.0 Å². The fourth-order valence-corrected chi connectivity index (χ4v) is 10.4. The zero-order valence-electron chi connectivity index (χ0n) is 47.3. The van der Waals surface area contributed by atoms with Crippen molar-refractivity contribution in [3.63, 3.8) is 0 Å². The number of aromatic amines is 2. The molecule has 382 valence electrons. The van der Waals surface area contributed by atoms with Gasteiger partial charge in [-0.1, -0.05) is 191 Å². The summed E-state index contributed by atoms with van der Waals surface area (Å²) in [4.78, 5) is 19.3. The van der Waals surface area contributed by atoms with Gasteiger partial charge in [-0.3, -0.25) is 0 Å². The van der Waals surface area contributed by atoms with Gasteiger partial charge in [0.1, 0.15) is 5.75 Å². The molecule has 5 heterocycles. The summed E-state index contributed by atoms with van der Waals surface area (Å²) in [6.07, 6.45) is 8.62. The van der Waals surface area contributed by atoms with Crippen LogP contribution in [0.1, 0.15) is 181 Å². The van der Waals surface area contributed by atoms with Crippen molar-refractivity contribution in [2.45, 2.75) is 157 Å². The van der Waals surface area contributed by atoms with Gasteiger partial charge in [0.2, 0.25) is 0 Å². The van der Waals surface area contributed by atoms with E-state index in [4.69, 9.17) is 9.97 Å². The maximum absolute atomic E-state index is 12.6. The van der Waals surface area contributed by atoms with Gasteiger partial charge in [0.15, 0.2) is 0 Å². The van der Waals surface area contributed by atoms with Crippen molar-refractivity contribution in [3.8, 4) is 50.3 Å². The Bertz CT molecular complexity index is 3510. The molecule has 9 rings (SSSR count). The summed E-state index contributed by atoms with van der Waals surface area (Å²) < 4.78 is 1.14. The van der Waals surface area contributed by atoms with Gasteiger partial charge in [0.25, 0.3) is 0 Å². The lowest BCUT2D eigenvalue weighted by Gasteiger charge is -2.26. The standard InChI is InChI=1S/C68H77IN4O/c1-63(2,3)43-29-40(30-44(35-43)64(4,5)6)59-51-24-23-50(70-51)58(39-19-21-49(69)22-20-39)56-38-57(74)62(73-56)61(42-33-47(67(13,14)15)37-48(34-42)68(16,17)18)55-28-27-54(72-55)60(53-26-25-52(59)71-53)41-31-45(65(7,8)9)36-46(32-41)66(10,11)12/h19-38,71,73-74H,1-18H3. The first kappa shape index (κ1) is 52.9. The molecule has 5 nitrogen and oxygen atoms in total. The predicted molar refractivity (Wildman–Crippen MR) is 327 cm³/mol. The van der Waals surface area contributed by atoms with E-state index in [1.165, 1.54) is 33.4 Å². The Hall–Kier alpha value is -5.99. The summed E-state index contributed by atoms with van der Waals surface area (Å²) in [5.74, 6) is 0.142. The summed E-state index contributed by atoms with van der Waals surface area (Å²) in [7, 11) is 0. The Balaban J connectivity index is 1.55. The van der Waals surface area contributed by atoms with Crippen LogP contribution < -0.4 is 0 Å². The molecule has 74 heavy (non-hydrogen) atoms. The first-order chi connectivity index (χ1) is 34.2. The summed E-state index contributed by atoms with van der Waals surface area (Å²) >= 11 is 2.37. The monoisotopic (exact) mass is 1090 g/mol. The van der Waals surface area contributed by atoms with Gasteiger partial charge in [0, 0.05) is 42.9 Å². The lowest BCUT2D eigenvalue weighted by molar-refractivity contribution is 0.482. The maximum Gasteiger partial charge on any atom is 0.141 e. The number of fused-ring (bicyclic) bond motifs is 8. The second-order valence-electron chi connectivity index (χ2n) is 27.1. The van der Waals surface area contributed by atoms with Crippen LogP contribution in [0.2, 0.25) is 0 Å². The number of H-pyrrole nitrogens is 2. The minimum absolute atomic E-state index is 0.108. The van der Waals surface area contributed by atoms with Crippen molar-refractivity contribution in [2.75, 3.05) is 0 Å². The lowest BCUT2D eigenvalue weighted by Crippen LogP contribution is -2.16. The van der Waals surface area contributed by atoms with Gasteiger partial charge in [-0.05, 0) is 159 Å². The van der Waals surface area contributed by atoms with Gasteiger partial charge < -0.3 is 15.1 Å². The molecule has 0 spiro atoms. The molecule has 2 aliphatic rings. The maximum atomic E-state index is 12.6. The second kappa shape index (κ2) is 18.4. The van der Waals surface area contributed by atoms with Gasteiger partial charge in [-0.15, -0.1) is 0 Å². The van der Waals surface area contributed by atoms with Crippen LogP contribution in [-0.2, 0) is 32.5 Å². The van der Waals surface area contributed by atoms with Crippen molar-refractivity contribution in [1.82, 2.24) is 19.9 Å². The number of hydrogen-bond acceptors (Lipinski definition) is 3. The fraction of sp³-hybridized carbons (Fsp3) is 0.353. The Kier molecular flexibility index (Phi) is 13.1. The van der Waals surface area contributed by atoms with Crippen molar-refractivity contribution in [2.24, 2.45) is 0 Å². The van der Waals surface area contributed by atoms with E-state index in [-0.39, 0.29) is 38.2 Å². The molecule has 0 aliphatic carbocycles. The molecule has 0 saturated carbocycles. The minimum Gasteiger partial charge on any atom is -0.506 e. The van der Waals surface area contributed by atoms with Crippen molar-refractivity contribution >= 4 is 69.0 Å². The Labute approximate surface area is 455 Å². The molecule has 4 aromatic carbocycles. The molecule has 0 unspecified atom stereocenters. The highest BCUT2D eigenvalue weighted by atomic mass is 127. The quantitative estimate of drug-likeness (QED) is 0.154. The third kappa shape index (κ3) is 10.5. The Morgan fingerprint density at radius 3 is 0.959 bits per heavy atom. The van der Waals surface area contributed by atoms with Crippen LogP contribution in [0.4, 0.5) is 0 Å². The van der Waals surface area contributed by atoms with Gasteiger partial charge in [-0.25, -0.2) is 9.97 Å². The van der Waals surface area contributed by atoms with E-state index in [1.54, 1.807) is 0 Å². The topological polar surface area (TPSA) is 77.6 Å². The van der Waals surface area contributed by atoms with E-state index in [2.05, 4.69) is 272 Å². The van der Waals surface area contributed by atoms with Gasteiger partial charge in [-0.2, -0.15) is 0 Å². The fourth-order valence-electron chi connectivity index (χ4n) is 10.0. The Morgan fingerprint density at radius 1 is 0.338 bits per heavy atom. The highest BCUT2D eigenvalue weighted by Gasteiger charge is 2.28. The molecule has 0 radical (unpaired) electrons. The van der Waals surface area contributed by atoms with E-state index in [9.17, 15) is 5.11 Å². The SMILES string of the molecule is CC(C)(C)c1cc(-c2c3nc(c(-c4ccc(I)cc4)c4cc(O)c([nH]4)c(-c4cc(C(C)(C)C)cc(C(C)(C)C)c4)c4nc(c(-c5cc(C(C)(C)C)cc(C(C)(C)C)c5)c5ccc2[nH]5)C=C4)C=C3)cc(C(C)(C)C)c1. The number of benzene rings is 4. The van der Waals surface area contributed by atoms with Crippen LogP contribution in [0.15, 0.2) is 97.1 Å². The molecular formula is C68H77IN4O. The van der Waals surface area contributed by atoms with E-state index in [0.717, 1.165) is 87.4 Å². The van der Waals surface area contributed by atoms with Gasteiger partial charge >= 0.3 is 0 Å². The zero-order chi connectivity index (χ0) is 53.8. The lowest BCUT2D eigenvalue weighted by atomic mass is 9.78. The average molecular weight is 1090 g/mol. The van der Waals surface area contributed by atoms with E-state index >= 15 is 0 Å². The highest BCUT2D eigenvalue weighted by molar-refractivity contribution is 14.1. The number of hydrogen-bond donors (Lipinski definition) is 3. The third-order valence-electron chi connectivity index (χ3n) is 14.8. The molecule has 8 bridgehead atoms. The highest BCUT2D eigenvalue weighted by Crippen LogP contribution is 2.45. The molecule has 3 N–H and O–H groups in total. The molecule has 2 aliphatic heterocycles. The average Bonchev–Trinajstić information content (AvgIpc) is 4.13. The normalized spacial score (nSPS) is 13.6. The van der Waals surface area contributed by atoms with Crippen LogP contribution in [0, 0.1) is 3.57 Å². The van der Waals surface area contributed by atoms with E-state index < -0.39 is 0 Å². The number of halogens is 1. The third-order valence-corrected chi connectivity index (χ3v) is 15.6. The van der Waals surface area contributed by atoms with Crippen molar-refractivity contribution in [1.29, 1.82) is 0 Å². The molecule has 0 atom stereocenters. The number of nitrogens with zero attached hydrogens (tertiary/aromatic N) is 2. The van der Waals surface area contributed by atoms with Crippen LogP contribution in [0.3, 0.4) is 0 Å². The smallest absolute Gasteiger partial charge is 0.141 e. The van der Waals surface area contributed by atoms with Crippen LogP contribution in [0.25, 0.3) is 90.9 Å². The van der Waals surface area contributed by atoms with Crippen molar-refractivity contribution in [3.05, 3.63) is 157 Å². The second-order valence-corrected chi connectivity index (χ2v) is 28.3. The number of aromatic nitrogens is 4. The predicted octanol–water partition coefficient (Wildman–Crippen LogP) is 19.4. The van der Waals surface area contributed by atoms with Crippen LogP contribution >= 0.6 is 22.6 Å². The molecule has 6 heteroatoms. The summed E-state index contributed by atoms with van der Waals surface area (Å²) in [5, 5.41) is 12.6. The van der Waals surface area contributed by atoms with E-state index in [0.29, 0.717) is 5.52 Å². The van der Waals surface area contributed by atoms with Crippen LogP contribution in [0.5, 0.6) is 5.75 Å². The molecule has 0 saturated heterocycles. The van der Waals surface area contributed by atoms with Gasteiger partial charge in [0.05, 0.1) is 33.8 Å². The Morgan fingerprint density at radius 2 is 0.635 bits per heavy atom. The summed E-state index contributed by atoms with van der Waals surface area (Å²) in [6.45, 7) is 41.2. The minimum atomic E-state index is -0.150. The molecule has 0 fully saturated rings. The first-order valence-electron chi connectivity index (χ1n) is 26.4. The first-order valence-corrected chi connectivity index (χ1v) is 27.5. The summed E-state index contributed by atoms with van der Waals surface area (Å²) in [6, 6.07) is 36.1. The number of aromatic hydroxyl groups is 1. The van der Waals surface area contributed by atoms with Crippen molar-refractivity contribution < 1.29 is 5.11 Å². The largest absolute Gasteiger partial charge is 0.506 e. The molecular weight excluding hydrogens is 1020 g/mol. The zero-order valence-corrected chi connectivity index (χ0v) is 49.4. The summed E-state index contributed by atoms with van der Waals surface area (Å²) in [5.41, 5.74) is 21.2. The molecule has 3 aromatic heterocycles. The van der Waals surface area contributed by atoms with E-state index in [1.807, 2.05) is 6.07 Å². The number of rotatable bonds is 4. The number of nitrogens with one attached hydrogen (secondary N) is 2. The molecule has 7 aromatic rings.